The van der Waals surface area contributed by atoms with Crippen LogP contribution in [0.25, 0.3) is 0 Å². The monoisotopic (exact) mass is 196 g/mol. The zero-order chi connectivity index (χ0) is 10.4. The largest absolute Gasteiger partial charge is 0.311 e. The summed E-state index contributed by atoms with van der Waals surface area (Å²) in [6.07, 6.45) is 6.04. The topological polar surface area (TPSA) is 15.3 Å². The molecule has 1 aliphatic heterocycles. The molecule has 1 N–H and O–H groups in total. The lowest BCUT2D eigenvalue weighted by molar-refractivity contribution is 0.211. The predicted molar refractivity (Wildman–Crippen MR) is 62.5 cm³/mol. The van der Waals surface area contributed by atoms with Crippen molar-refractivity contribution in [3.8, 4) is 0 Å². The molecule has 2 nitrogen and oxygen atoms in total. The van der Waals surface area contributed by atoms with Gasteiger partial charge in [0.2, 0.25) is 0 Å². The van der Waals surface area contributed by atoms with Gasteiger partial charge in [0.25, 0.3) is 0 Å². The molecule has 0 spiro atoms. The second-order valence-corrected chi connectivity index (χ2v) is 4.51. The van der Waals surface area contributed by atoms with Crippen LogP contribution in [0.2, 0.25) is 0 Å². The number of nitrogens with one attached hydrogen (secondary N) is 1. The van der Waals surface area contributed by atoms with E-state index in [4.69, 9.17) is 0 Å². The van der Waals surface area contributed by atoms with E-state index >= 15 is 0 Å². The molecule has 14 heavy (non-hydrogen) atoms. The maximum absolute atomic E-state index is 3.77. The summed E-state index contributed by atoms with van der Waals surface area (Å²) < 4.78 is 0. The number of likely N-dealkylation sites (tertiary alicyclic amines) is 1. The Morgan fingerprint density at radius 1 is 1.50 bits per heavy atom. The first kappa shape index (κ1) is 11.7. The standard InChI is InChI=1S/C12H24N2/c1-4-11(2)13-8-5-12-6-9-14(3)10-7-12/h4,11-13H,1,5-10H2,2-3H3. The molecule has 0 radical (unpaired) electrons. The maximum atomic E-state index is 3.77. The number of hydrogen-bond donors (Lipinski definition) is 1. The molecule has 0 aromatic carbocycles. The summed E-state index contributed by atoms with van der Waals surface area (Å²) in [5.74, 6) is 0.940. The Kier molecular flexibility index (Phi) is 5.20. The highest BCUT2D eigenvalue weighted by Crippen LogP contribution is 2.18. The Morgan fingerprint density at radius 2 is 2.14 bits per heavy atom. The van der Waals surface area contributed by atoms with Crippen LogP contribution in [0, 0.1) is 5.92 Å². The van der Waals surface area contributed by atoms with Crippen LogP contribution in [0.3, 0.4) is 0 Å². The van der Waals surface area contributed by atoms with E-state index in [1.165, 1.54) is 32.4 Å². The third kappa shape index (κ3) is 4.25. The molecule has 0 amide bonds. The van der Waals surface area contributed by atoms with E-state index in [1.807, 2.05) is 6.08 Å². The summed E-state index contributed by atoms with van der Waals surface area (Å²) >= 11 is 0. The minimum Gasteiger partial charge on any atom is -0.311 e. The van der Waals surface area contributed by atoms with Crippen molar-refractivity contribution in [1.82, 2.24) is 10.2 Å². The van der Waals surface area contributed by atoms with Gasteiger partial charge in [0.1, 0.15) is 0 Å². The minimum absolute atomic E-state index is 0.460. The van der Waals surface area contributed by atoms with Crippen LogP contribution in [-0.2, 0) is 0 Å². The zero-order valence-electron chi connectivity index (χ0n) is 9.63. The SMILES string of the molecule is C=CC(C)NCCC1CCN(C)CC1. The van der Waals surface area contributed by atoms with Gasteiger partial charge in [0.05, 0.1) is 0 Å². The number of hydrogen-bond acceptors (Lipinski definition) is 2. The third-order valence-corrected chi connectivity index (χ3v) is 3.21. The molecule has 1 saturated heterocycles. The lowest BCUT2D eigenvalue weighted by atomic mass is 9.94. The van der Waals surface area contributed by atoms with Crippen LogP contribution in [0.15, 0.2) is 12.7 Å². The minimum atomic E-state index is 0.460. The number of piperidine rings is 1. The van der Waals surface area contributed by atoms with Crippen molar-refractivity contribution in [2.24, 2.45) is 5.92 Å². The van der Waals surface area contributed by atoms with Crippen molar-refractivity contribution in [3.63, 3.8) is 0 Å². The van der Waals surface area contributed by atoms with Gasteiger partial charge in [-0.2, -0.15) is 0 Å². The molecule has 1 atom stereocenters. The molecule has 1 unspecified atom stereocenters. The number of nitrogens with zero attached hydrogens (tertiary/aromatic N) is 1. The first-order valence-electron chi connectivity index (χ1n) is 5.77. The smallest absolute Gasteiger partial charge is 0.0219 e. The Hall–Kier alpha value is -0.340. The second-order valence-electron chi connectivity index (χ2n) is 4.51. The first-order valence-corrected chi connectivity index (χ1v) is 5.77. The molecule has 1 rings (SSSR count). The first-order chi connectivity index (χ1) is 6.72. The van der Waals surface area contributed by atoms with Crippen LogP contribution in [0.4, 0.5) is 0 Å². The lowest BCUT2D eigenvalue weighted by Gasteiger charge is -2.29. The number of rotatable bonds is 5. The molecule has 1 aliphatic rings. The predicted octanol–water partition coefficient (Wildman–Crippen LogP) is 1.88. The molecule has 82 valence electrons. The molecule has 2 heteroatoms. The highest BCUT2D eigenvalue weighted by atomic mass is 15.1. The summed E-state index contributed by atoms with van der Waals surface area (Å²) in [5.41, 5.74) is 0. The molecular formula is C12H24N2. The Labute approximate surface area is 88.4 Å². The molecule has 0 aromatic rings. The van der Waals surface area contributed by atoms with Crippen LogP contribution < -0.4 is 5.32 Å². The van der Waals surface area contributed by atoms with Gasteiger partial charge in [-0.15, -0.1) is 6.58 Å². The van der Waals surface area contributed by atoms with Gasteiger partial charge < -0.3 is 10.2 Å². The van der Waals surface area contributed by atoms with Crippen molar-refractivity contribution in [3.05, 3.63) is 12.7 Å². The third-order valence-electron chi connectivity index (χ3n) is 3.21. The fourth-order valence-corrected chi connectivity index (χ4v) is 1.95. The van der Waals surface area contributed by atoms with E-state index in [0.29, 0.717) is 6.04 Å². The van der Waals surface area contributed by atoms with Gasteiger partial charge in [0.15, 0.2) is 0 Å². The van der Waals surface area contributed by atoms with Crippen molar-refractivity contribution < 1.29 is 0 Å². The van der Waals surface area contributed by atoms with E-state index in [-0.39, 0.29) is 0 Å². The Morgan fingerprint density at radius 3 is 2.71 bits per heavy atom. The van der Waals surface area contributed by atoms with E-state index in [1.54, 1.807) is 0 Å². The molecule has 0 aliphatic carbocycles. The fourth-order valence-electron chi connectivity index (χ4n) is 1.95. The van der Waals surface area contributed by atoms with Gasteiger partial charge in [0, 0.05) is 6.04 Å². The van der Waals surface area contributed by atoms with Gasteiger partial charge in [-0.25, -0.2) is 0 Å². The molecule has 0 saturated carbocycles. The average Bonchev–Trinajstić information content (AvgIpc) is 2.21. The summed E-state index contributed by atoms with van der Waals surface area (Å²) in [4.78, 5) is 2.43. The summed E-state index contributed by atoms with van der Waals surface area (Å²) in [6, 6.07) is 0.460. The summed E-state index contributed by atoms with van der Waals surface area (Å²) in [6.45, 7) is 9.62. The van der Waals surface area contributed by atoms with Gasteiger partial charge in [-0.3, -0.25) is 0 Å². The van der Waals surface area contributed by atoms with Crippen LogP contribution in [0.1, 0.15) is 26.2 Å². The fraction of sp³-hybridized carbons (Fsp3) is 0.833. The Balaban J connectivity index is 2.04. The maximum Gasteiger partial charge on any atom is 0.0219 e. The van der Waals surface area contributed by atoms with Crippen LogP contribution in [0.5, 0.6) is 0 Å². The molecular weight excluding hydrogens is 172 g/mol. The highest BCUT2D eigenvalue weighted by Gasteiger charge is 2.15. The van der Waals surface area contributed by atoms with Crippen molar-refractivity contribution in [2.75, 3.05) is 26.7 Å². The van der Waals surface area contributed by atoms with Crippen molar-refractivity contribution >= 4 is 0 Å². The highest BCUT2D eigenvalue weighted by molar-refractivity contribution is 4.81. The van der Waals surface area contributed by atoms with E-state index in [0.717, 1.165) is 12.5 Å². The van der Waals surface area contributed by atoms with Crippen LogP contribution >= 0.6 is 0 Å². The summed E-state index contributed by atoms with van der Waals surface area (Å²) in [7, 11) is 2.22. The van der Waals surface area contributed by atoms with Crippen molar-refractivity contribution in [1.29, 1.82) is 0 Å². The van der Waals surface area contributed by atoms with Gasteiger partial charge in [-0.1, -0.05) is 6.08 Å². The quantitative estimate of drug-likeness (QED) is 0.675. The summed E-state index contributed by atoms with van der Waals surface area (Å²) in [5, 5.41) is 3.46. The van der Waals surface area contributed by atoms with Crippen molar-refractivity contribution in [2.45, 2.75) is 32.2 Å². The normalized spacial score (nSPS) is 22.1. The Bertz CT molecular complexity index is 160. The average molecular weight is 196 g/mol. The van der Waals surface area contributed by atoms with Gasteiger partial charge in [-0.05, 0) is 58.8 Å². The van der Waals surface area contributed by atoms with E-state index in [9.17, 15) is 0 Å². The molecule has 0 bridgehead atoms. The van der Waals surface area contributed by atoms with Gasteiger partial charge >= 0.3 is 0 Å². The zero-order valence-corrected chi connectivity index (χ0v) is 9.63. The molecule has 1 fully saturated rings. The van der Waals surface area contributed by atoms with E-state index < -0.39 is 0 Å². The molecule has 0 aromatic heterocycles. The second kappa shape index (κ2) is 6.20. The molecule has 1 heterocycles. The lowest BCUT2D eigenvalue weighted by Crippen LogP contribution is -2.32. The van der Waals surface area contributed by atoms with E-state index in [2.05, 4.69) is 30.8 Å². The van der Waals surface area contributed by atoms with Crippen LogP contribution in [-0.4, -0.2) is 37.6 Å².